The van der Waals surface area contributed by atoms with E-state index >= 15 is 0 Å². The van der Waals surface area contributed by atoms with Crippen LogP contribution in [0.3, 0.4) is 0 Å². The van der Waals surface area contributed by atoms with Crippen molar-refractivity contribution < 1.29 is 4.74 Å². The van der Waals surface area contributed by atoms with Crippen LogP contribution in [0.25, 0.3) is 0 Å². The van der Waals surface area contributed by atoms with Gasteiger partial charge in [-0.2, -0.15) is 5.10 Å². The maximum absolute atomic E-state index is 5.95. The molecule has 3 rings (SSSR count). The van der Waals surface area contributed by atoms with Gasteiger partial charge in [-0.1, -0.05) is 0 Å². The Morgan fingerprint density at radius 1 is 1.38 bits per heavy atom. The molecule has 1 aliphatic heterocycles. The van der Waals surface area contributed by atoms with Gasteiger partial charge in [0.05, 0.1) is 24.2 Å². The molecule has 1 fully saturated rings. The van der Waals surface area contributed by atoms with Crippen molar-refractivity contribution in [3.8, 4) is 0 Å². The van der Waals surface area contributed by atoms with Crippen LogP contribution in [-0.2, 0) is 24.9 Å². The van der Waals surface area contributed by atoms with Crippen LogP contribution in [0.15, 0.2) is 18.6 Å². The van der Waals surface area contributed by atoms with E-state index in [4.69, 9.17) is 4.74 Å². The van der Waals surface area contributed by atoms with Gasteiger partial charge in [0.25, 0.3) is 0 Å². The van der Waals surface area contributed by atoms with Crippen molar-refractivity contribution in [2.45, 2.75) is 32.5 Å². The van der Waals surface area contributed by atoms with E-state index in [1.165, 1.54) is 11.3 Å². The number of aromatic nitrogens is 4. The third-order valence-corrected chi connectivity index (χ3v) is 4.69. The zero-order valence-corrected chi connectivity index (χ0v) is 15.1. The summed E-state index contributed by atoms with van der Waals surface area (Å²) < 4.78 is 10.0. The second-order valence-electron chi connectivity index (χ2n) is 6.60. The maximum atomic E-state index is 5.95. The van der Waals surface area contributed by atoms with Crippen molar-refractivity contribution in [3.63, 3.8) is 0 Å². The van der Waals surface area contributed by atoms with Crippen molar-refractivity contribution >= 4 is 5.95 Å². The average Bonchev–Trinajstić information content (AvgIpc) is 3.27. The molecular formula is C17H28N6O. The predicted molar refractivity (Wildman–Crippen MR) is 93.9 cm³/mol. The number of imidazole rings is 1. The Bertz CT molecular complexity index is 662. The Morgan fingerprint density at radius 2 is 2.21 bits per heavy atom. The van der Waals surface area contributed by atoms with Crippen LogP contribution in [-0.4, -0.2) is 46.6 Å². The first-order chi connectivity index (χ1) is 11.6. The number of anilines is 1. The molecule has 1 aliphatic rings. The van der Waals surface area contributed by atoms with Gasteiger partial charge in [0.1, 0.15) is 0 Å². The molecule has 2 aromatic heterocycles. The molecule has 132 valence electrons. The molecule has 0 saturated carbocycles. The highest BCUT2D eigenvalue weighted by Crippen LogP contribution is 2.33. The average molecular weight is 332 g/mol. The Balaban J connectivity index is 1.56. The van der Waals surface area contributed by atoms with E-state index in [0.29, 0.717) is 5.92 Å². The lowest BCUT2D eigenvalue weighted by Crippen LogP contribution is -2.25. The topological polar surface area (TPSA) is 60.1 Å². The molecule has 0 amide bonds. The van der Waals surface area contributed by atoms with Crippen LogP contribution in [0.4, 0.5) is 5.95 Å². The van der Waals surface area contributed by atoms with Gasteiger partial charge in [0.2, 0.25) is 5.95 Å². The van der Waals surface area contributed by atoms with E-state index in [1.807, 2.05) is 36.1 Å². The second kappa shape index (κ2) is 7.36. The van der Waals surface area contributed by atoms with Crippen molar-refractivity contribution in [1.29, 1.82) is 0 Å². The van der Waals surface area contributed by atoms with E-state index in [1.54, 1.807) is 0 Å². The lowest BCUT2D eigenvalue weighted by Gasteiger charge is -2.18. The normalized spacial score (nSPS) is 20.7. The number of rotatable bonds is 7. The largest absolute Gasteiger partial charge is 0.373 e. The maximum Gasteiger partial charge on any atom is 0.204 e. The lowest BCUT2D eigenvalue weighted by molar-refractivity contribution is 0.0903. The summed E-state index contributed by atoms with van der Waals surface area (Å²) in [6.07, 6.45) is 7.23. The standard InChI is InChI=1S/C17H28N6O/c1-5-23-12-14(9-20-23)16-13(6-7-24-16)8-18-10-15-11-19-17(21(2)3)22(15)4/h9,11-13,16,18H,5-8,10H2,1-4H3/t13-,16+/m0/s1. The second-order valence-corrected chi connectivity index (χ2v) is 6.60. The molecule has 0 radical (unpaired) electrons. The van der Waals surface area contributed by atoms with Crippen LogP contribution in [0.2, 0.25) is 0 Å². The summed E-state index contributed by atoms with van der Waals surface area (Å²) in [6, 6.07) is 0. The van der Waals surface area contributed by atoms with Crippen LogP contribution < -0.4 is 10.2 Å². The number of nitrogens with one attached hydrogen (secondary N) is 1. The number of nitrogens with zero attached hydrogens (tertiary/aromatic N) is 5. The SMILES string of the molecule is CCn1cc([C@@H]2OCC[C@H]2CNCc2cnc(N(C)C)n2C)cn1. The van der Waals surface area contributed by atoms with Gasteiger partial charge >= 0.3 is 0 Å². The van der Waals surface area contributed by atoms with Crippen molar-refractivity contribution in [3.05, 3.63) is 29.8 Å². The predicted octanol–water partition coefficient (Wildman–Crippen LogP) is 1.57. The summed E-state index contributed by atoms with van der Waals surface area (Å²) in [5.74, 6) is 1.46. The van der Waals surface area contributed by atoms with Crippen molar-refractivity contribution in [2.24, 2.45) is 13.0 Å². The Morgan fingerprint density at radius 3 is 2.88 bits per heavy atom. The van der Waals surface area contributed by atoms with E-state index in [0.717, 1.165) is 38.6 Å². The van der Waals surface area contributed by atoms with Gasteiger partial charge in [-0.3, -0.25) is 4.68 Å². The highest BCUT2D eigenvalue weighted by molar-refractivity contribution is 5.30. The fourth-order valence-electron chi connectivity index (χ4n) is 3.31. The first kappa shape index (κ1) is 17.0. The van der Waals surface area contributed by atoms with Gasteiger partial charge < -0.3 is 19.5 Å². The number of aryl methyl sites for hydroxylation is 1. The van der Waals surface area contributed by atoms with Gasteiger partial charge in [-0.15, -0.1) is 0 Å². The molecule has 0 aromatic carbocycles. The third kappa shape index (κ3) is 3.47. The zero-order valence-electron chi connectivity index (χ0n) is 15.1. The molecule has 3 heterocycles. The molecule has 24 heavy (non-hydrogen) atoms. The van der Waals surface area contributed by atoms with E-state index in [2.05, 4.69) is 40.1 Å². The molecular weight excluding hydrogens is 304 g/mol. The van der Waals surface area contributed by atoms with Crippen LogP contribution in [0.1, 0.15) is 30.7 Å². The fourth-order valence-corrected chi connectivity index (χ4v) is 3.31. The first-order valence-electron chi connectivity index (χ1n) is 8.62. The molecule has 7 nitrogen and oxygen atoms in total. The lowest BCUT2D eigenvalue weighted by atomic mass is 9.97. The summed E-state index contributed by atoms with van der Waals surface area (Å²) in [6.45, 7) is 5.57. The summed E-state index contributed by atoms with van der Waals surface area (Å²) in [5.41, 5.74) is 2.38. The molecule has 1 N–H and O–H groups in total. The molecule has 0 unspecified atom stereocenters. The summed E-state index contributed by atoms with van der Waals surface area (Å²) in [4.78, 5) is 6.48. The molecule has 7 heteroatoms. The smallest absolute Gasteiger partial charge is 0.204 e. The molecule has 2 aromatic rings. The minimum atomic E-state index is 0.154. The summed E-state index contributed by atoms with van der Waals surface area (Å²) in [5, 5.41) is 7.94. The molecule has 1 saturated heterocycles. The quantitative estimate of drug-likeness (QED) is 0.834. The van der Waals surface area contributed by atoms with Gasteiger partial charge in [0, 0.05) is 65.1 Å². The summed E-state index contributed by atoms with van der Waals surface area (Å²) >= 11 is 0. The zero-order chi connectivity index (χ0) is 17.1. The first-order valence-corrected chi connectivity index (χ1v) is 8.62. The monoisotopic (exact) mass is 332 g/mol. The van der Waals surface area contributed by atoms with Gasteiger partial charge in [0.15, 0.2) is 0 Å². The minimum Gasteiger partial charge on any atom is -0.373 e. The minimum absolute atomic E-state index is 0.154. The van der Waals surface area contributed by atoms with Crippen LogP contribution >= 0.6 is 0 Å². The highest BCUT2D eigenvalue weighted by atomic mass is 16.5. The van der Waals surface area contributed by atoms with Gasteiger partial charge in [-0.25, -0.2) is 4.98 Å². The fraction of sp³-hybridized carbons (Fsp3) is 0.647. The van der Waals surface area contributed by atoms with E-state index in [9.17, 15) is 0 Å². The number of ether oxygens (including phenoxy) is 1. The van der Waals surface area contributed by atoms with E-state index in [-0.39, 0.29) is 6.10 Å². The Labute approximate surface area is 143 Å². The molecule has 2 atom stereocenters. The molecule has 0 aliphatic carbocycles. The van der Waals surface area contributed by atoms with Crippen molar-refractivity contribution in [2.75, 3.05) is 32.1 Å². The highest BCUT2D eigenvalue weighted by Gasteiger charge is 2.30. The summed E-state index contributed by atoms with van der Waals surface area (Å²) in [7, 11) is 6.08. The third-order valence-electron chi connectivity index (χ3n) is 4.69. The molecule has 0 spiro atoms. The molecule has 0 bridgehead atoms. The van der Waals surface area contributed by atoms with Gasteiger partial charge in [-0.05, 0) is 13.3 Å². The Hall–Kier alpha value is -1.86. The van der Waals surface area contributed by atoms with E-state index < -0.39 is 0 Å². The number of hydrogen-bond acceptors (Lipinski definition) is 5. The number of hydrogen-bond donors (Lipinski definition) is 1. The Kier molecular flexibility index (Phi) is 5.20. The van der Waals surface area contributed by atoms with Crippen LogP contribution in [0, 0.1) is 5.92 Å². The van der Waals surface area contributed by atoms with Crippen molar-refractivity contribution in [1.82, 2.24) is 24.6 Å². The van der Waals surface area contributed by atoms with Crippen LogP contribution in [0.5, 0.6) is 0 Å².